The van der Waals surface area contributed by atoms with E-state index in [1.807, 2.05) is 24.5 Å². The number of carbonyl (C=O) groups is 1. The van der Waals surface area contributed by atoms with Crippen LogP contribution < -0.4 is 9.47 Å². The molecule has 5 rings (SSSR count). The highest BCUT2D eigenvalue weighted by atomic mass is 16.5. The number of pyridine rings is 1. The van der Waals surface area contributed by atoms with Gasteiger partial charge in [0.05, 0.1) is 14.2 Å². The number of methoxy groups -OCH3 is 2. The number of amides is 1. The van der Waals surface area contributed by atoms with Gasteiger partial charge in [0.15, 0.2) is 11.5 Å². The van der Waals surface area contributed by atoms with Crippen molar-refractivity contribution in [3.05, 3.63) is 88.2 Å². The van der Waals surface area contributed by atoms with Crippen molar-refractivity contribution < 1.29 is 14.3 Å². The maximum atomic E-state index is 10.7. The molecule has 2 aromatic carbocycles. The van der Waals surface area contributed by atoms with Gasteiger partial charge >= 0.3 is 0 Å². The molecule has 0 aliphatic carbocycles. The maximum Gasteiger partial charge on any atom is 0.210 e. The molecule has 0 radical (unpaired) electrons. The summed E-state index contributed by atoms with van der Waals surface area (Å²) in [6.45, 7) is 6.80. The van der Waals surface area contributed by atoms with E-state index in [1.165, 1.54) is 27.8 Å². The smallest absolute Gasteiger partial charge is 0.210 e. The highest BCUT2D eigenvalue weighted by molar-refractivity contribution is 5.52. The highest BCUT2D eigenvalue weighted by Gasteiger charge is 2.18. The lowest BCUT2D eigenvalue weighted by Gasteiger charge is -2.29. The molecular weight excluding hydrogens is 426 g/mol. The number of hydrogen-bond donors (Lipinski definition) is 0. The molecular formula is C28H33N3O3. The molecule has 3 aromatic rings. The monoisotopic (exact) mass is 459 g/mol. The number of nitrogens with zero attached hydrogens (tertiary/aromatic N) is 3. The Labute approximate surface area is 202 Å². The van der Waals surface area contributed by atoms with Crippen LogP contribution in [0.1, 0.15) is 33.4 Å². The van der Waals surface area contributed by atoms with Crippen LogP contribution in [0.25, 0.3) is 0 Å². The zero-order valence-corrected chi connectivity index (χ0v) is 20.3. The second-order valence-corrected chi connectivity index (χ2v) is 8.83. The molecule has 0 bridgehead atoms. The Bertz CT molecular complexity index is 1130. The van der Waals surface area contributed by atoms with Crippen molar-refractivity contribution in [1.82, 2.24) is 14.8 Å². The van der Waals surface area contributed by atoms with E-state index in [1.54, 1.807) is 19.1 Å². The topological polar surface area (TPSA) is 54.9 Å². The van der Waals surface area contributed by atoms with E-state index >= 15 is 0 Å². The molecule has 1 aromatic heterocycles. The third kappa shape index (κ3) is 5.57. The van der Waals surface area contributed by atoms with Gasteiger partial charge < -0.3 is 14.4 Å². The molecule has 6 heteroatoms. The zero-order chi connectivity index (χ0) is 23.9. The van der Waals surface area contributed by atoms with E-state index in [-0.39, 0.29) is 0 Å². The maximum absolute atomic E-state index is 10.7. The normalized spacial score (nSPS) is 14.9. The summed E-state index contributed by atoms with van der Waals surface area (Å²) >= 11 is 0. The quantitative estimate of drug-likeness (QED) is 0.536. The number of ether oxygens (including phenoxy) is 2. The molecule has 0 atom stereocenters. The van der Waals surface area contributed by atoms with Crippen LogP contribution in [0, 0.1) is 6.92 Å². The molecule has 0 spiro atoms. The fourth-order valence-corrected chi connectivity index (χ4v) is 4.59. The van der Waals surface area contributed by atoms with Crippen molar-refractivity contribution in [2.24, 2.45) is 0 Å². The summed E-state index contributed by atoms with van der Waals surface area (Å²) in [4.78, 5) is 19.2. The van der Waals surface area contributed by atoms with Gasteiger partial charge in [-0.05, 0) is 71.3 Å². The van der Waals surface area contributed by atoms with Crippen molar-refractivity contribution in [3.8, 4) is 11.5 Å². The molecule has 0 N–H and O–H groups in total. The minimum Gasteiger partial charge on any atom is -0.493 e. The molecule has 178 valence electrons. The number of hydrogen-bond acceptors (Lipinski definition) is 5. The van der Waals surface area contributed by atoms with E-state index in [2.05, 4.69) is 47.1 Å². The van der Waals surface area contributed by atoms with Gasteiger partial charge in [-0.1, -0.05) is 24.3 Å². The average Bonchev–Trinajstić information content (AvgIpc) is 2.89. The third-order valence-corrected chi connectivity index (χ3v) is 6.65. The van der Waals surface area contributed by atoms with Crippen molar-refractivity contribution in [3.63, 3.8) is 0 Å². The van der Waals surface area contributed by atoms with E-state index in [9.17, 15) is 4.79 Å². The minimum atomic E-state index is 0.652. The Kier molecular flexibility index (Phi) is 7.80. The van der Waals surface area contributed by atoms with Crippen LogP contribution in [0.4, 0.5) is 0 Å². The molecule has 0 unspecified atom stereocenters. The first-order valence-corrected chi connectivity index (χ1v) is 11.7. The van der Waals surface area contributed by atoms with Gasteiger partial charge in [-0.2, -0.15) is 0 Å². The summed E-state index contributed by atoms with van der Waals surface area (Å²) in [6, 6.07) is 14.8. The molecule has 0 saturated heterocycles. The number of aromatic nitrogens is 1. The average molecular weight is 460 g/mol. The molecule has 34 heavy (non-hydrogen) atoms. The third-order valence-electron chi connectivity index (χ3n) is 6.65. The molecule has 2 aliphatic heterocycles. The van der Waals surface area contributed by atoms with E-state index in [4.69, 9.17) is 9.47 Å². The number of carbonyl (C=O) groups excluding carboxylic acids is 1. The van der Waals surface area contributed by atoms with E-state index in [0.29, 0.717) is 12.3 Å². The summed E-state index contributed by atoms with van der Waals surface area (Å²) < 4.78 is 10.5. The van der Waals surface area contributed by atoms with Crippen molar-refractivity contribution in [2.75, 3.05) is 27.3 Å². The Morgan fingerprint density at radius 3 is 2.32 bits per heavy atom. The predicted octanol–water partition coefficient (Wildman–Crippen LogP) is 4.17. The van der Waals surface area contributed by atoms with Crippen LogP contribution in [-0.4, -0.2) is 48.5 Å². The Balaban J connectivity index is 0.000000162. The van der Waals surface area contributed by atoms with Gasteiger partial charge in [0.25, 0.3) is 0 Å². The summed E-state index contributed by atoms with van der Waals surface area (Å²) in [6.07, 6.45) is 6.78. The largest absolute Gasteiger partial charge is 0.493 e. The Hall–Kier alpha value is -3.38. The summed E-state index contributed by atoms with van der Waals surface area (Å²) in [5.41, 5.74) is 8.04. The van der Waals surface area contributed by atoms with Crippen molar-refractivity contribution >= 4 is 6.41 Å². The minimum absolute atomic E-state index is 0.652. The Morgan fingerprint density at radius 2 is 1.62 bits per heavy atom. The fraction of sp³-hybridized carbons (Fsp3) is 0.357. The summed E-state index contributed by atoms with van der Waals surface area (Å²) in [7, 11) is 3.25. The molecule has 1 amide bonds. The van der Waals surface area contributed by atoms with Crippen molar-refractivity contribution in [2.45, 2.75) is 39.4 Å². The first kappa shape index (κ1) is 23.8. The summed E-state index contributed by atoms with van der Waals surface area (Å²) in [5, 5.41) is 0. The van der Waals surface area contributed by atoms with Gasteiger partial charge in [-0.25, -0.2) is 0 Å². The van der Waals surface area contributed by atoms with Crippen LogP contribution in [-0.2, 0) is 37.3 Å². The standard InChI is InChI=1S/C16H18N2.C12H15NO3/c1-13-6-8-17-10-16(13)12-18-9-7-14-4-2-3-5-15(14)11-18;1-15-11-5-9-3-4-13(8-14)7-10(9)6-12(11)16-2/h2-6,8,10H,7,9,11-12H2,1H3;5-6,8H,3-4,7H2,1-2H3. The molecule has 6 nitrogen and oxygen atoms in total. The van der Waals surface area contributed by atoms with Crippen molar-refractivity contribution in [1.29, 1.82) is 0 Å². The van der Waals surface area contributed by atoms with Crippen LogP contribution in [0.5, 0.6) is 11.5 Å². The molecule has 3 heterocycles. The number of aryl methyl sites for hydroxylation is 1. The van der Waals surface area contributed by atoms with Crippen LogP contribution in [0.15, 0.2) is 54.9 Å². The zero-order valence-electron chi connectivity index (χ0n) is 20.3. The van der Waals surface area contributed by atoms with Gasteiger partial charge in [-0.15, -0.1) is 0 Å². The second-order valence-electron chi connectivity index (χ2n) is 8.83. The van der Waals surface area contributed by atoms with Crippen LogP contribution >= 0.6 is 0 Å². The summed E-state index contributed by atoms with van der Waals surface area (Å²) in [5.74, 6) is 1.47. The van der Waals surface area contributed by atoms with E-state index < -0.39 is 0 Å². The predicted molar refractivity (Wildman–Crippen MR) is 133 cm³/mol. The first-order chi connectivity index (χ1) is 16.6. The fourth-order valence-electron chi connectivity index (χ4n) is 4.59. The number of benzene rings is 2. The highest BCUT2D eigenvalue weighted by Crippen LogP contribution is 2.32. The number of rotatable bonds is 5. The molecule has 2 aliphatic rings. The Morgan fingerprint density at radius 1 is 0.912 bits per heavy atom. The van der Waals surface area contributed by atoms with Gasteiger partial charge in [0.2, 0.25) is 6.41 Å². The van der Waals surface area contributed by atoms with Crippen LogP contribution in [0.3, 0.4) is 0 Å². The van der Waals surface area contributed by atoms with Crippen LogP contribution in [0.2, 0.25) is 0 Å². The first-order valence-electron chi connectivity index (χ1n) is 11.7. The lowest BCUT2D eigenvalue weighted by Crippen LogP contribution is -2.30. The molecule has 0 saturated carbocycles. The number of fused-ring (bicyclic) bond motifs is 2. The second kappa shape index (κ2) is 11.2. The lowest BCUT2D eigenvalue weighted by molar-refractivity contribution is -0.118. The van der Waals surface area contributed by atoms with E-state index in [0.717, 1.165) is 56.7 Å². The lowest BCUT2D eigenvalue weighted by atomic mass is 9.99. The van der Waals surface area contributed by atoms with Gasteiger partial charge in [0.1, 0.15) is 0 Å². The SMILES string of the molecule is COc1cc2c(cc1OC)CN(C=O)CC2.Cc1ccncc1CN1CCc2ccccc2C1. The van der Waals surface area contributed by atoms with Gasteiger partial charge in [-0.3, -0.25) is 14.7 Å². The van der Waals surface area contributed by atoms with Gasteiger partial charge in [0, 0.05) is 45.1 Å². The molecule has 0 fully saturated rings.